The van der Waals surface area contributed by atoms with Crippen LogP contribution in [0.3, 0.4) is 0 Å². The smallest absolute Gasteiger partial charge is 0.345 e. The molecule has 1 aromatic heterocycles. The molecule has 0 spiro atoms. The molecule has 2 rings (SSSR count). The number of aryl methyl sites for hydroxylation is 1. The monoisotopic (exact) mass is 313 g/mol. The van der Waals surface area contributed by atoms with Crippen molar-refractivity contribution in [1.82, 2.24) is 4.98 Å². The molecule has 0 saturated heterocycles. The van der Waals surface area contributed by atoms with Crippen LogP contribution in [0.15, 0.2) is 47.6 Å². The zero-order chi connectivity index (χ0) is 17.0. The molecule has 0 saturated carbocycles. The van der Waals surface area contributed by atoms with Gasteiger partial charge in [-0.1, -0.05) is 12.1 Å². The predicted octanol–water partition coefficient (Wildman–Crippen LogP) is 3.11. The lowest BCUT2D eigenvalue weighted by atomic mass is 10.0. The summed E-state index contributed by atoms with van der Waals surface area (Å²) in [6, 6.07) is 3.75. The predicted molar refractivity (Wildman–Crippen MR) is 86.1 cm³/mol. The lowest BCUT2D eigenvalue weighted by Crippen LogP contribution is -2.14. The molecular weight excluding hydrogens is 294 g/mol. The number of allylic oxidation sites excluding steroid dienone is 5. The minimum Gasteiger partial charge on any atom is -0.462 e. The average Bonchev–Trinajstić information content (AvgIpc) is 2.80. The highest BCUT2D eigenvalue weighted by atomic mass is 16.5. The Hall–Kier alpha value is -2.69. The van der Waals surface area contributed by atoms with Crippen LogP contribution in [0.4, 0.5) is 0 Å². The van der Waals surface area contributed by atoms with E-state index in [9.17, 15) is 9.59 Å². The van der Waals surface area contributed by atoms with Crippen LogP contribution in [0.1, 0.15) is 32.0 Å². The molecule has 120 valence electrons. The lowest BCUT2D eigenvalue weighted by Gasteiger charge is -2.06. The second-order valence-corrected chi connectivity index (χ2v) is 4.97. The summed E-state index contributed by atoms with van der Waals surface area (Å²) in [4.78, 5) is 28.5. The summed E-state index contributed by atoms with van der Waals surface area (Å²) in [5, 5.41) is 0. The van der Waals surface area contributed by atoms with Crippen molar-refractivity contribution in [2.24, 2.45) is 0 Å². The Morgan fingerprint density at radius 1 is 1.39 bits per heavy atom. The normalized spacial score (nSPS) is 16.8. The first-order chi connectivity index (χ1) is 11.0. The maximum Gasteiger partial charge on any atom is 0.345 e. The summed E-state index contributed by atoms with van der Waals surface area (Å²) < 4.78 is 10.4. The number of ether oxygens (including phenoxy) is 2. The van der Waals surface area contributed by atoms with Gasteiger partial charge in [-0.2, -0.15) is 0 Å². The maximum atomic E-state index is 12.4. The van der Waals surface area contributed by atoms with Gasteiger partial charge in [0.2, 0.25) is 5.78 Å². The van der Waals surface area contributed by atoms with Crippen LogP contribution in [0, 0.1) is 6.92 Å². The molecule has 0 aliphatic carbocycles. The molecule has 1 aliphatic heterocycles. The molecule has 23 heavy (non-hydrogen) atoms. The Labute approximate surface area is 135 Å². The third-order valence-corrected chi connectivity index (χ3v) is 3.46. The lowest BCUT2D eigenvalue weighted by molar-refractivity contribution is -0.139. The van der Waals surface area contributed by atoms with E-state index in [0.717, 1.165) is 16.8 Å². The molecule has 0 fully saturated rings. The van der Waals surface area contributed by atoms with Crippen LogP contribution in [0.25, 0.3) is 5.57 Å². The Kier molecular flexibility index (Phi) is 5.11. The van der Waals surface area contributed by atoms with Crippen LogP contribution >= 0.6 is 0 Å². The van der Waals surface area contributed by atoms with Crippen molar-refractivity contribution < 1.29 is 19.1 Å². The highest BCUT2D eigenvalue weighted by molar-refractivity contribution is 6.25. The number of carbonyl (C=O) groups excluding carboxylic acids is 2. The molecule has 2 heterocycles. The zero-order valence-electron chi connectivity index (χ0n) is 13.7. The second-order valence-electron chi connectivity index (χ2n) is 4.97. The number of hydrogen-bond donors (Lipinski definition) is 0. The molecule has 0 atom stereocenters. The van der Waals surface area contributed by atoms with E-state index in [2.05, 4.69) is 4.98 Å². The van der Waals surface area contributed by atoms with Crippen molar-refractivity contribution in [3.8, 4) is 0 Å². The number of ketones is 1. The van der Waals surface area contributed by atoms with E-state index in [1.54, 1.807) is 26.1 Å². The van der Waals surface area contributed by atoms with Gasteiger partial charge >= 0.3 is 5.97 Å². The Morgan fingerprint density at radius 3 is 2.74 bits per heavy atom. The van der Waals surface area contributed by atoms with Crippen LogP contribution in [-0.2, 0) is 19.1 Å². The van der Waals surface area contributed by atoms with Crippen molar-refractivity contribution in [1.29, 1.82) is 0 Å². The van der Waals surface area contributed by atoms with Crippen LogP contribution in [-0.4, -0.2) is 23.3 Å². The van der Waals surface area contributed by atoms with Gasteiger partial charge in [0.25, 0.3) is 0 Å². The first-order valence-electron chi connectivity index (χ1n) is 7.40. The molecule has 0 amide bonds. The number of nitrogens with zero attached hydrogens (tertiary/aromatic N) is 1. The van der Waals surface area contributed by atoms with Crippen LogP contribution < -0.4 is 0 Å². The molecule has 1 aliphatic rings. The van der Waals surface area contributed by atoms with E-state index in [1.807, 2.05) is 32.1 Å². The van der Waals surface area contributed by atoms with Gasteiger partial charge in [0.05, 0.1) is 6.61 Å². The number of aromatic nitrogens is 1. The fourth-order valence-electron chi connectivity index (χ4n) is 2.33. The number of carbonyl (C=O) groups is 2. The number of rotatable bonds is 4. The van der Waals surface area contributed by atoms with E-state index in [-0.39, 0.29) is 23.7 Å². The van der Waals surface area contributed by atoms with Crippen molar-refractivity contribution in [3.05, 3.63) is 58.8 Å². The summed E-state index contributed by atoms with van der Waals surface area (Å²) in [7, 11) is 0. The largest absolute Gasteiger partial charge is 0.462 e. The molecule has 1 aromatic rings. The Bertz CT molecular complexity index is 741. The summed E-state index contributed by atoms with van der Waals surface area (Å²) in [5.74, 6) is -0.736. The van der Waals surface area contributed by atoms with E-state index < -0.39 is 11.8 Å². The Balaban J connectivity index is 2.33. The van der Waals surface area contributed by atoms with Gasteiger partial charge < -0.3 is 9.47 Å². The highest BCUT2D eigenvalue weighted by Gasteiger charge is 2.34. The minimum absolute atomic E-state index is 0.0449. The summed E-state index contributed by atoms with van der Waals surface area (Å²) in [6.45, 7) is 7.23. The number of Topliss-reactive ketones (excluding diaryl/α,β-unsaturated/α-hetero) is 1. The van der Waals surface area contributed by atoms with Gasteiger partial charge in [-0.25, -0.2) is 4.79 Å². The van der Waals surface area contributed by atoms with Gasteiger partial charge in [0.15, 0.2) is 5.76 Å². The summed E-state index contributed by atoms with van der Waals surface area (Å²) in [5.41, 5.74) is 2.51. The maximum absolute atomic E-state index is 12.4. The summed E-state index contributed by atoms with van der Waals surface area (Å²) >= 11 is 0. The standard InChI is InChI=1S/C18H19NO4/c1-5-13(14-8-7-9-19-11(14)3)10-15-17(20)16(12(4)23-15)18(21)22-6-2/h5,7-10H,6H2,1-4H3/b13-5-,15-10-. The van der Waals surface area contributed by atoms with Gasteiger partial charge in [-0.15, -0.1) is 0 Å². The van der Waals surface area contributed by atoms with Crippen molar-refractivity contribution in [2.45, 2.75) is 27.7 Å². The number of hydrogen-bond acceptors (Lipinski definition) is 5. The van der Waals surface area contributed by atoms with Crippen LogP contribution in [0.5, 0.6) is 0 Å². The third kappa shape index (κ3) is 3.39. The number of esters is 1. The first kappa shape index (κ1) is 16.7. The van der Waals surface area contributed by atoms with E-state index >= 15 is 0 Å². The average molecular weight is 313 g/mol. The van der Waals surface area contributed by atoms with Crippen molar-refractivity contribution >= 4 is 17.3 Å². The van der Waals surface area contributed by atoms with E-state index in [0.29, 0.717) is 0 Å². The van der Waals surface area contributed by atoms with Gasteiger partial charge in [0.1, 0.15) is 11.3 Å². The molecule has 0 bridgehead atoms. The molecule has 0 unspecified atom stereocenters. The van der Waals surface area contributed by atoms with Gasteiger partial charge in [-0.3, -0.25) is 9.78 Å². The summed E-state index contributed by atoms with van der Waals surface area (Å²) in [6.07, 6.45) is 5.20. The third-order valence-electron chi connectivity index (χ3n) is 3.46. The molecule has 5 nitrogen and oxygen atoms in total. The fraction of sp³-hybridized carbons (Fsp3) is 0.278. The number of pyridine rings is 1. The molecule has 0 aromatic carbocycles. The van der Waals surface area contributed by atoms with Gasteiger partial charge in [0, 0.05) is 17.5 Å². The highest BCUT2D eigenvalue weighted by Crippen LogP contribution is 2.29. The van der Waals surface area contributed by atoms with E-state index in [1.165, 1.54) is 0 Å². The second kappa shape index (κ2) is 7.05. The molecule has 5 heteroatoms. The van der Waals surface area contributed by atoms with Crippen molar-refractivity contribution in [2.75, 3.05) is 6.61 Å². The molecule has 0 radical (unpaired) electrons. The fourth-order valence-corrected chi connectivity index (χ4v) is 2.33. The zero-order valence-corrected chi connectivity index (χ0v) is 13.7. The first-order valence-corrected chi connectivity index (χ1v) is 7.40. The molecular formula is C18H19NO4. The SMILES string of the molecule is C/C=C(/C=C1\OC(C)=C(C(=O)OCC)C1=O)c1cccnc1C. The minimum atomic E-state index is -0.655. The van der Waals surface area contributed by atoms with Gasteiger partial charge in [-0.05, 0) is 45.4 Å². The topological polar surface area (TPSA) is 65.5 Å². The van der Waals surface area contributed by atoms with Crippen molar-refractivity contribution in [3.63, 3.8) is 0 Å². The molecule has 0 N–H and O–H groups in total. The van der Waals surface area contributed by atoms with Crippen LogP contribution in [0.2, 0.25) is 0 Å². The quantitative estimate of drug-likeness (QED) is 0.485. The Morgan fingerprint density at radius 2 is 2.13 bits per heavy atom. The van der Waals surface area contributed by atoms with E-state index in [4.69, 9.17) is 9.47 Å².